The van der Waals surface area contributed by atoms with Gasteiger partial charge in [0.2, 0.25) is 22.0 Å². The summed E-state index contributed by atoms with van der Waals surface area (Å²) >= 11 is 0. The van der Waals surface area contributed by atoms with Crippen molar-refractivity contribution in [3.05, 3.63) is 39.9 Å². The van der Waals surface area contributed by atoms with Crippen LogP contribution >= 0.6 is 0 Å². The maximum atomic E-state index is 13.3. The minimum atomic E-state index is -4.00. The van der Waals surface area contributed by atoms with E-state index < -0.39 is 38.5 Å². The standard InChI is InChI=1S/C14H15F2N3O5S/c15-11-2-1-9(7-12(11)16)25(23,24)18-5-3-17(4-6-18)14(20)10-8-13(10)19(21)22/h1-2,7,10,13H,3-6,8H2/t10-,13-/m1/s1. The number of benzene rings is 1. The van der Waals surface area contributed by atoms with Crippen molar-refractivity contribution in [2.75, 3.05) is 26.2 Å². The molecule has 2 aliphatic rings. The van der Waals surface area contributed by atoms with Gasteiger partial charge in [0.15, 0.2) is 11.6 Å². The zero-order valence-corrected chi connectivity index (χ0v) is 13.8. The molecule has 1 aromatic carbocycles. The molecule has 8 nitrogen and oxygen atoms in total. The quantitative estimate of drug-likeness (QED) is 0.562. The van der Waals surface area contributed by atoms with E-state index in [4.69, 9.17) is 0 Å². The molecule has 25 heavy (non-hydrogen) atoms. The van der Waals surface area contributed by atoms with Crippen molar-refractivity contribution in [1.82, 2.24) is 9.21 Å². The van der Waals surface area contributed by atoms with Gasteiger partial charge in [-0.1, -0.05) is 0 Å². The van der Waals surface area contributed by atoms with Crippen molar-refractivity contribution < 1.29 is 26.9 Å². The van der Waals surface area contributed by atoms with Gasteiger partial charge < -0.3 is 4.90 Å². The molecule has 2 atom stereocenters. The van der Waals surface area contributed by atoms with E-state index in [-0.39, 0.29) is 43.4 Å². The highest BCUT2D eigenvalue weighted by atomic mass is 32.2. The van der Waals surface area contributed by atoms with Gasteiger partial charge in [0, 0.05) is 37.5 Å². The fourth-order valence-electron chi connectivity index (χ4n) is 2.85. The molecule has 0 spiro atoms. The van der Waals surface area contributed by atoms with Gasteiger partial charge in [0.25, 0.3) is 0 Å². The molecule has 3 rings (SSSR count). The first kappa shape index (κ1) is 17.7. The van der Waals surface area contributed by atoms with Crippen molar-refractivity contribution in [2.45, 2.75) is 17.4 Å². The molecule has 1 amide bonds. The Morgan fingerprint density at radius 3 is 2.32 bits per heavy atom. The van der Waals surface area contributed by atoms with E-state index in [2.05, 4.69) is 0 Å². The molecule has 2 fully saturated rings. The van der Waals surface area contributed by atoms with Crippen LogP contribution in [0.25, 0.3) is 0 Å². The fourth-order valence-corrected chi connectivity index (χ4v) is 4.28. The van der Waals surface area contributed by atoms with Gasteiger partial charge in [0.1, 0.15) is 5.92 Å². The molecule has 1 aliphatic carbocycles. The molecule has 0 aromatic heterocycles. The van der Waals surface area contributed by atoms with Crippen molar-refractivity contribution in [3.63, 3.8) is 0 Å². The molecule has 11 heteroatoms. The lowest BCUT2D eigenvalue weighted by molar-refractivity contribution is -0.497. The van der Waals surface area contributed by atoms with Gasteiger partial charge in [0.05, 0.1) is 4.90 Å². The highest BCUT2D eigenvalue weighted by Crippen LogP contribution is 2.35. The first-order valence-corrected chi connectivity index (χ1v) is 9.03. The lowest BCUT2D eigenvalue weighted by Crippen LogP contribution is -2.51. The van der Waals surface area contributed by atoms with E-state index in [9.17, 15) is 32.1 Å². The van der Waals surface area contributed by atoms with Crippen LogP contribution in [-0.2, 0) is 14.8 Å². The summed E-state index contributed by atoms with van der Waals surface area (Å²) in [5.41, 5.74) is 0. The normalized spacial score (nSPS) is 24.2. The monoisotopic (exact) mass is 375 g/mol. The van der Waals surface area contributed by atoms with Crippen molar-refractivity contribution >= 4 is 15.9 Å². The van der Waals surface area contributed by atoms with Crippen LogP contribution in [-0.4, -0.2) is 60.7 Å². The number of amides is 1. The number of rotatable bonds is 4. The summed E-state index contributed by atoms with van der Waals surface area (Å²) in [5.74, 6) is -3.37. The van der Waals surface area contributed by atoms with Crippen molar-refractivity contribution in [1.29, 1.82) is 0 Å². The average molecular weight is 375 g/mol. The fraction of sp³-hybridized carbons (Fsp3) is 0.500. The van der Waals surface area contributed by atoms with Crippen LogP contribution in [0.15, 0.2) is 23.1 Å². The Labute approximate surface area is 142 Å². The highest BCUT2D eigenvalue weighted by Gasteiger charge is 2.54. The summed E-state index contributed by atoms with van der Waals surface area (Å²) in [6.45, 7) is 0.178. The SMILES string of the molecule is O=C([C@@H]1C[C@H]1[N+](=O)[O-])N1CCN(S(=O)(=O)c2ccc(F)c(F)c2)CC1. The molecule has 136 valence electrons. The van der Waals surface area contributed by atoms with E-state index >= 15 is 0 Å². The molecular formula is C14H15F2N3O5S. The second-order valence-corrected chi connectivity index (χ2v) is 7.94. The van der Waals surface area contributed by atoms with Gasteiger partial charge in [-0.3, -0.25) is 14.9 Å². The Balaban J connectivity index is 1.64. The maximum Gasteiger partial charge on any atom is 0.243 e. The maximum absolute atomic E-state index is 13.3. The van der Waals surface area contributed by atoms with Crippen LogP contribution in [0.5, 0.6) is 0 Å². The summed E-state index contributed by atoms with van der Waals surface area (Å²) in [4.78, 5) is 23.4. The number of halogens is 2. The van der Waals surface area contributed by atoms with Gasteiger partial charge in [-0.15, -0.1) is 0 Å². The molecule has 1 saturated carbocycles. The molecule has 0 unspecified atom stereocenters. The predicted octanol–water partition coefficient (Wildman–Crippen LogP) is 0.463. The second kappa shape index (κ2) is 6.30. The summed E-state index contributed by atoms with van der Waals surface area (Å²) in [5, 5.41) is 10.6. The second-order valence-electron chi connectivity index (χ2n) is 6.00. The first-order chi connectivity index (χ1) is 11.7. The summed E-state index contributed by atoms with van der Waals surface area (Å²) < 4.78 is 52.2. The highest BCUT2D eigenvalue weighted by molar-refractivity contribution is 7.89. The molecule has 0 N–H and O–H groups in total. The minimum absolute atomic E-state index is 0.0110. The third kappa shape index (κ3) is 3.33. The van der Waals surface area contributed by atoms with Gasteiger partial charge >= 0.3 is 0 Å². The number of hydrogen-bond donors (Lipinski definition) is 0. The third-order valence-corrected chi connectivity index (χ3v) is 6.32. The third-order valence-electron chi connectivity index (χ3n) is 4.42. The van der Waals surface area contributed by atoms with Crippen LogP contribution in [0, 0.1) is 27.7 Å². The number of carbonyl (C=O) groups excluding carboxylic acids is 1. The Morgan fingerprint density at radius 2 is 1.80 bits per heavy atom. The number of hydrogen-bond acceptors (Lipinski definition) is 5. The summed E-state index contributed by atoms with van der Waals surface area (Å²) in [6.07, 6.45) is 0.208. The van der Waals surface area contributed by atoms with Crippen molar-refractivity contribution in [3.8, 4) is 0 Å². The number of nitro groups is 1. The number of sulfonamides is 1. The first-order valence-electron chi connectivity index (χ1n) is 7.59. The van der Waals surface area contributed by atoms with Gasteiger partial charge in [-0.05, 0) is 18.2 Å². The molecular weight excluding hydrogens is 360 g/mol. The topological polar surface area (TPSA) is 101 Å². The molecule has 1 aliphatic heterocycles. The lowest BCUT2D eigenvalue weighted by Gasteiger charge is -2.34. The van der Waals surface area contributed by atoms with Crippen LogP contribution in [0.4, 0.5) is 8.78 Å². The molecule has 1 heterocycles. The minimum Gasteiger partial charge on any atom is -0.340 e. The Hall–Kier alpha value is -2.14. The number of nitrogens with zero attached hydrogens (tertiary/aromatic N) is 3. The average Bonchev–Trinajstić information content (AvgIpc) is 3.37. The predicted molar refractivity (Wildman–Crippen MR) is 80.6 cm³/mol. The lowest BCUT2D eigenvalue weighted by atomic mass is 10.3. The zero-order valence-electron chi connectivity index (χ0n) is 13.0. The van der Waals surface area contributed by atoms with Crippen molar-refractivity contribution in [2.24, 2.45) is 5.92 Å². The van der Waals surface area contributed by atoms with E-state index in [1.165, 1.54) is 4.90 Å². The number of carbonyl (C=O) groups is 1. The zero-order chi connectivity index (χ0) is 18.4. The summed E-state index contributed by atoms with van der Waals surface area (Å²) in [7, 11) is -4.00. The van der Waals surface area contributed by atoms with E-state index in [0.717, 1.165) is 16.4 Å². The van der Waals surface area contributed by atoms with Gasteiger partial charge in [-0.2, -0.15) is 4.31 Å². The van der Waals surface area contributed by atoms with Crippen LogP contribution in [0.2, 0.25) is 0 Å². The van der Waals surface area contributed by atoms with E-state index in [1.807, 2.05) is 0 Å². The molecule has 0 radical (unpaired) electrons. The molecule has 1 aromatic rings. The Bertz CT molecular complexity index is 824. The van der Waals surface area contributed by atoms with E-state index in [0.29, 0.717) is 6.07 Å². The Kier molecular flexibility index (Phi) is 4.45. The largest absolute Gasteiger partial charge is 0.340 e. The number of piperazine rings is 1. The molecule has 1 saturated heterocycles. The Morgan fingerprint density at radius 1 is 1.16 bits per heavy atom. The van der Waals surface area contributed by atoms with Crippen LogP contribution in [0.1, 0.15) is 6.42 Å². The van der Waals surface area contributed by atoms with E-state index in [1.54, 1.807) is 0 Å². The van der Waals surface area contributed by atoms with Crippen LogP contribution in [0.3, 0.4) is 0 Å². The smallest absolute Gasteiger partial charge is 0.243 e. The molecule has 0 bridgehead atoms. The summed E-state index contributed by atoms with van der Waals surface area (Å²) in [6, 6.07) is 1.49. The van der Waals surface area contributed by atoms with Gasteiger partial charge in [-0.25, -0.2) is 17.2 Å². The van der Waals surface area contributed by atoms with Crippen LogP contribution < -0.4 is 0 Å².